The molecule has 2 aliphatic rings. The second kappa shape index (κ2) is 8.90. The van der Waals surface area contributed by atoms with Gasteiger partial charge in [-0.15, -0.1) is 0 Å². The summed E-state index contributed by atoms with van der Waals surface area (Å²) < 4.78 is 0. The lowest BCUT2D eigenvalue weighted by atomic mass is 9.80. The molecule has 1 aliphatic heterocycles. The maximum Gasteiger partial charge on any atom is 0.219 e. The zero-order valence-electron chi connectivity index (χ0n) is 15.0. The molecule has 3 nitrogen and oxygen atoms in total. The van der Waals surface area contributed by atoms with E-state index in [-0.39, 0.29) is 5.91 Å². The molecular formula is C19H36N2O. The third kappa shape index (κ3) is 5.57. The number of nitrogens with zero attached hydrogens (tertiary/aromatic N) is 2. The van der Waals surface area contributed by atoms with E-state index in [9.17, 15) is 4.79 Å². The van der Waals surface area contributed by atoms with Crippen molar-refractivity contribution in [3.8, 4) is 0 Å². The monoisotopic (exact) mass is 308 g/mol. The van der Waals surface area contributed by atoms with Crippen molar-refractivity contribution in [2.75, 3.05) is 33.2 Å². The molecule has 1 saturated heterocycles. The number of amides is 1. The molecule has 128 valence electrons. The number of piperidine rings is 1. The predicted octanol–water partition coefficient (Wildman–Crippen LogP) is 3.78. The van der Waals surface area contributed by atoms with Crippen LogP contribution in [-0.4, -0.2) is 48.9 Å². The number of hydrogen-bond acceptors (Lipinski definition) is 2. The molecule has 1 aliphatic carbocycles. The molecular weight excluding hydrogens is 272 g/mol. The summed E-state index contributed by atoms with van der Waals surface area (Å²) >= 11 is 0. The molecule has 0 unspecified atom stereocenters. The smallest absolute Gasteiger partial charge is 0.219 e. The number of carbonyl (C=O) groups is 1. The summed E-state index contributed by atoms with van der Waals surface area (Å²) in [6, 6.07) is 0. The summed E-state index contributed by atoms with van der Waals surface area (Å²) in [5.74, 6) is 3.02. The highest BCUT2D eigenvalue weighted by Gasteiger charge is 2.23. The van der Waals surface area contributed by atoms with Gasteiger partial charge in [0, 0.05) is 26.6 Å². The van der Waals surface area contributed by atoms with Gasteiger partial charge in [-0.25, -0.2) is 0 Å². The van der Waals surface area contributed by atoms with Crippen LogP contribution in [0.3, 0.4) is 0 Å². The minimum absolute atomic E-state index is 0.248. The van der Waals surface area contributed by atoms with Gasteiger partial charge in [0.15, 0.2) is 0 Å². The molecule has 22 heavy (non-hydrogen) atoms. The number of likely N-dealkylation sites (tertiary alicyclic amines) is 1. The second-order valence-electron chi connectivity index (χ2n) is 7.80. The Bertz CT molecular complexity index is 328. The van der Waals surface area contributed by atoms with Gasteiger partial charge < -0.3 is 9.80 Å². The first-order valence-corrected chi connectivity index (χ1v) is 9.52. The van der Waals surface area contributed by atoms with Gasteiger partial charge in [-0.3, -0.25) is 4.79 Å². The molecule has 0 aromatic carbocycles. The first-order chi connectivity index (χ1) is 10.6. The minimum Gasteiger partial charge on any atom is -0.343 e. The molecule has 0 radical (unpaired) electrons. The van der Waals surface area contributed by atoms with E-state index in [0.717, 1.165) is 30.8 Å². The van der Waals surface area contributed by atoms with Crippen LogP contribution in [0.1, 0.15) is 65.2 Å². The van der Waals surface area contributed by atoms with E-state index < -0.39 is 0 Å². The Kier molecular flexibility index (Phi) is 7.20. The summed E-state index contributed by atoms with van der Waals surface area (Å²) in [7, 11) is 2.30. The molecule has 0 atom stereocenters. The Balaban J connectivity index is 1.58. The van der Waals surface area contributed by atoms with E-state index in [0.29, 0.717) is 0 Å². The van der Waals surface area contributed by atoms with Crippen molar-refractivity contribution in [2.24, 2.45) is 17.8 Å². The van der Waals surface area contributed by atoms with Gasteiger partial charge in [-0.2, -0.15) is 0 Å². The van der Waals surface area contributed by atoms with E-state index in [1.165, 1.54) is 64.5 Å². The number of rotatable bonds is 6. The number of carbonyl (C=O) groups excluding carboxylic acids is 1. The van der Waals surface area contributed by atoms with Gasteiger partial charge >= 0.3 is 0 Å². The third-order valence-electron chi connectivity index (χ3n) is 6.09. The van der Waals surface area contributed by atoms with Gasteiger partial charge in [0.25, 0.3) is 0 Å². The fourth-order valence-electron chi connectivity index (χ4n) is 4.29. The Morgan fingerprint density at radius 2 is 1.59 bits per heavy atom. The van der Waals surface area contributed by atoms with Gasteiger partial charge in [0.1, 0.15) is 0 Å². The molecule has 1 saturated carbocycles. The molecule has 3 heteroatoms. The first kappa shape index (κ1) is 17.8. The zero-order chi connectivity index (χ0) is 15.9. The van der Waals surface area contributed by atoms with Crippen molar-refractivity contribution in [1.29, 1.82) is 0 Å². The maximum absolute atomic E-state index is 11.4. The van der Waals surface area contributed by atoms with E-state index in [1.807, 2.05) is 4.90 Å². The molecule has 0 N–H and O–H groups in total. The minimum atomic E-state index is 0.248. The fraction of sp³-hybridized carbons (Fsp3) is 0.947. The Morgan fingerprint density at radius 3 is 2.14 bits per heavy atom. The molecule has 0 bridgehead atoms. The van der Waals surface area contributed by atoms with Crippen molar-refractivity contribution in [3.63, 3.8) is 0 Å². The Labute approximate surface area is 137 Å². The van der Waals surface area contributed by atoms with Gasteiger partial charge in [0.2, 0.25) is 5.91 Å². The molecule has 0 aromatic rings. The lowest BCUT2D eigenvalue weighted by Gasteiger charge is -2.33. The molecule has 1 amide bonds. The molecule has 0 spiro atoms. The summed E-state index contributed by atoms with van der Waals surface area (Å²) in [5.41, 5.74) is 0. The highest BCUT2D eigenvalue weighted by Crippen LogP contribution is 2.31. The molecule has 2 fully saturated rings. The average Bonchev–Trinajstić information content (AvgIpc) is 2.54. The lowest BCUT2D eigenvalue weighted by molar-refractivity contribution is -0.130. The molecule has 0 aromatic heterocycles. The van der Waals surface area contributed by atoms with Crippen molar-refractivity contribution >= 4 is 5.91 Å². The average molecular weight is 309 g/mol. The van der Waals surface area contributed by atoms with E-state index in [4.69, 9.17) is 0 Å². The summed E-state index contributed by atoms with van der Waals surface area (Å²) in [6.45, 7) is 8.52. The van der Waals surface area contributed by atoms with Crippen LogP contribution in [0.2, 0.25) is 0 Å². The quantitative estimate of drug-likeness (QED) is 0.745. The van der Waals surface area contributed by atoms with E-state index in [1.54, 1.807) is 6.92 Å². The third-order valence-corrected chi connectivity index (χ3v) is 6.09. The molecule has 1 heterocycles. The molecule has 2 rings (SSSR count). The lowest BCUT2D eigenvalue weighted by Crippen LogP contribution is -2.38. The largest absolute Gasteiger partial charge is 0.343 e. The number of hydrogen-bond donors (Lipinski definition) is 0. The summed E-state index contributed by atoms with van der Waals surface area (Å²) in [6.07, 6.45) is 10.9. The van der Waals surface area contributed by atoms with E-state index in [2.05, 4.69) is 18.9 Å². The van der Waals surface area contributed by atoms with Crippen LogP contribution < -0.4 is 0 Å². The van der Waals surface area contributed by atoms with Crippen LogP contribution in [-0.2, 0) is 4.79 Å². The normalized spacial score (nSPS) is 27.4. The van der Waals surface area contributed by atoms with Crippen LogP contribution in [0, 0.1) is 17.8 Å². The topological polar surface area (TPSA) is 23.6 Å². The summed E-state index contributed by atoms with van der Waals surface area (Å²) in [5, 5.41) is 0. The van der Waals surface area contributed by atoms with Crippen LogP contribution >= 0.6 is 0 Å². The standard InChI is InChI=1S/C19H36N2O/c1-4-17-5-7-19(8-6-17)15-20(3)12-9-18-10-13-21(14-11-18)16(2)22/h17-19H,4-15H2,1-3H3. The zero-order valence-corrected chi connectivity index (χ0v) is 15.0. The van der Waals surface area contributed by atoms with Gasteiger partial charge in [-0.05, 0) is 63.5 Å². The van der Waals surface area contributed by atoms with Crippen LogP contribution in [0.5, 0.6) is 0 Å². The summed E-state index contributed by atoms with van der Waals surface area (Å²) in [4.78, 5) is 15.9. The van der Waals surface area contributed by atoms with Gasteiger partial charge in [-0.1, -0.05) is 26.2 Å². The van der Waals surface area contributed by atoms with Crippen molar-refractivity contribution in [2.45, 2.75) is 65.2 Å². The van der Waals surface area contributed by atoms with E-state index >= 15 is 0 Å². The highest BCUT2D eigenvalue weighted by atomic mass is 16.2. The Morgan fingerprint density at radius 1 is 1.00 bits per heavy atom. The maximum atomic E-state index is 11.4. The van der Waals surface area contributed by atoms with Crippen LogP contribution in [0.4, 0.5) is 0 Å². The van der Waals surface area contributed by atoms with Crippen molar-refractivity contribution in [3.05, 3.63) is 0 Å². The Hall–Kier alpha value is -0.570. The second-order valence-corrected chi connectivity index (χ2v) is 7.80. The predicted molar refractivity (Wildman–Crippen MR) is 92.8 cm³/mol. The fourth-order valence-corrected chi connectivity index (χ4v) is 4.29. The first-order valence-electron chi connectivity index (χ1n) is 9.52. The van der Waals surface area contributed by atoms with Crippen LogP contribution in [0.25, 0.3) is 0 Å². The van der Waals surface area contributed by atoms with Gasteiger partial charge in [0.05, 0.1) is 0 Å². The SMILES string of the molecule is CCC1CCC(CN(C)CCC2CCN(C(C)=O)CC2)CC1. The highest BCUT2D eigenvalue weighted by molar-refractivity contribution is 5.73. The van der Waals surface area contributed by atoms with Crippen molar-refractivity contribution in [1.82, 2.24) is 9.80 Å². The van der Waals surface area contributed by atoms with Crippen LogP contribution in [0.15, 0.2) is 0 Å². The van der Waals surface area contributed by atoms with Crippen molar-refractivity contribution < 1.29 is 4.79 Å².